The molecule has 0 aromatic heterocycles. The van der Waals surface area contributed by atoms with Gasteiger partial charge in [0.2, 0.25) is 23.6 Å². The zero-order valence-corrected chi connectivity index (χ0v) is 52.3. The average Bonchev–Trinajstić information content (AvgIpc) is 4.07. The second-order valence-corrected chi connectivity index (χ2v) is 29.3. The molecule has 0 radical (unpaired) electrons. The quantitative estimate of drug-likeness (QED) is 0.0481. The van der Waals surface area contributed by atoms with Crippen LogP contribution in [0.15, 0.2) is 12.2 Å². The van der Waals surface area contributed by atoms with Gasteiger partial charge in [-0.1, -0.05) is 102 Å². The molecule has 1 aliphatic heterocycles. The summed E-state index contributed by atoms with van der Waals surface area (Å²) in [6, 6.07) is -2.00. The van der Waals surface area contributed by atoms with Crippen LogP contribution in [0.25, 0.3) is 0 Å². The first-order valence-electron chi connectivity index (χ1n) is 30.2. The number of ether oxygens (including phenoxy) is 2. The fourth-order valence-corrected chi connectivity index (χ4v) is 19.4. The fourth-order valence-electron chi connectivity index (χ4n) is 18.7. The van der Waals surface area contributed by atoms with E-state index in [2.05, 4.69) is 59.1 Å². The number of methoxy groups -OCH3 is 2. The van der Waals surface area contributed by atoms with Crippen LogP contribution in [-0.2, 0) is 37.7 Å². The van der Waals surface area contributed by atoms with Gasteiger partial charge in [-0.3, -0.25) is 28.6 Å². The van der Waals surface area contributed by atoms with E-state index in [1.54, 1.807) is 26.2 Å². The Labute approximate surface area is 470 Å². The van der Waals surface area contributed by atoms with Crippen LogP contribution in [0.4, 0.5) is 0 Å². The van der Waals surface area contributed by atoms with Gasteiger partial charge in [0.25, 0.3) is 0 Å². The number of likely N-dealkylation sites (N-methyl/N-ethyl adjacent to an activating group) is 2. The second-order valence-electron chi connectivity index (χ2n) is 28.2. The standard InChI is InChI=1S/C61H108N5O11P/c1-19-38(6)52(65(16)56(71)50(36(2)3)63-55(70)51(37(4)5)64(14)15)44(75-17)33-48(68)66-32-20-21-43(66)53(76-18)40(8)54(69)62-34-39(7)41-24-29-61(35-67)31-30-59(12)42(49(41)61)22-23-46-58(11)27-26-47(77-78(72,73)74)57(9,10)45(58)25-28-60(46,59)13/h36-38,40-47,49-53,67H,7,19-35H2,1-6,8-18H3,(H,62,69)(H,63,70)(H2,72,73,74)/t38-,40+,41-,42?,43?,44+,45-,46?,47-,49+,50-,51-,52-,53+,58-,59+,60+,61+/m0/s1. The Balaban J connectivity index is 1.12. The molecule has 5 aliphatic carbocycles. The normalized spacial score (nSPS) is 35.3. The lowest BCUT2D eigenvalue weighted by molar-refractivity contribution is -0.248. The number of amides is 4. The molecule has 5 N–H and O–H groups in total. The number of likely N-dealkylation sites (tertiary alicyclic amines) is 1. The van der Waals surface area contributed by atoms with Crippen LogP contribution in [0.3, 0.4) is 0 Å². The van der Waals surface area contributed by atoms with E-state index in [0.29, 0.717) is 37.8 Å². The molecule has 0 aromatic carbocycles. The van der Waals surface area contributed by atoms with Crippen molar-refractivity contribution in [2.45, 2.75) is 215 Å². The monoisotopic (exact) mass is 1120 g/mol. The third-order valence-corrected chi connectivity index (χ3v) is 23.6. The van der Waals surface area contributed by atoms with E-state index >= 15 is 0 Å². The van der Waals surface area contributed by atoms with Crippen molar-refractivity contribution in [2.75, 3.05) is 55.1 Å². The maximum absolute atomic E-state index is 14.6. The Morgan fingerprint density at radius 1 is 0.808 bits per heavy atom. The number of aliphatic hydroxyl groups is 1. The maximum Gasteiger partial charge on any atom is 0.469 e. The second kappa shape index (κ2) is 24.8. The van der Waals surface area contributed by atoms with Gasteiger partial charge in [-0.2, -0.15) is 0 Å². The highest BCUT2D eigenvalue weighted by molar-refractivity contribution is 7.46. The SMILES string of the molecule is C=C(CNC(=O)[C@H](C)[C@@H](OC)C1CCCN1C(=O)C[C@@H](OC)[C@H]([C@@H](C)CC)N(C)C(=O)[C@@H](NC(=O)[C@H](C(C)C)N(C)C)C(C)C)[C@@H]1CC[C@]2(CO)CC[C@]3(C)C(CCC4[C@@]5(C)CC[C@H](OP(=O)(O)O)C(C)(C)[C@@H]5CC[C@]43C)[C@@H]12. The number of carbonyl (C=O) groups is 4. The van der Waals surface area contributed by atoms with Gasteiger partial charge in [0, 0.05) is 41.0 Å². The summed E-state index contributed by atoms with van der Waals surface area (Å²) in [7, 11) is 4.04. The van der Waals surface area contributed by atoms with Crippen molar-refractivity contribution < 1.29 is 52.6 Å². The molecule has 78 heavy (non-hydrogen) atoms. The van der Waals surface area contributed by atoms with Gasteiger partial charge in [0.05, 0.1) is 48.8 Å². The smallest absolute Gasteiger partial charge is 0.396 e. The van der Waals surface area contributed by atoms with E-state index in [9.17, 15) is 38.6 Å². The first-order valence-corrected chi connectivity index (χ1v) is 31.7. The Bertz CT molecular complexity index is 2180. The molecule has 16 nitrogen and oxygen atoms in total. The molecule has 6 fully saturated rings. The number of carbonyl (C=O) groups excluding carboxylic acids is 4. The van der Waals surface area contributed by atoms with Crippen LogP contribution in [-0.4, -0.2) is 151 Å². The maximum atomic E-state index is 14.6. The van der Waals surface area contributed by atoms with Gasteiger partial charge < -0.3 is 44.8 Å². The van der Waals surface area contributed by atoms with Crippen molar-refractivity contribution in [3.63, 3.8) is 0 Å². The largest absolute Gasteiger partial charge is 0.469 e. The van der Waals surface area contributed by atoms with Crippen LogP contribution >= 0.6 is 7.82 Å². The molecule has 4 amide bonds. The molecule has 18 atom stereocenters. The molecular weight excluding hydrogens is 1010 g/mol. The van der Waals surface area contributed by atoms with Crippen LogP contribution < -0.4 is 10.6 Å². The molecule has 1 saturated heterocycles. The molecule has 0 aromatic rings. The third kappa shape index (κ3) is 12.0. The number of rotatable bonds is 23. The first-order chi connectivity index (χ1) is 36.3. The zero-order chi connectivity index (χ0) is 58.4. The summed E-state index contributed by atoms with van der Waals surface area (Å²) in [5.41, 5.74) is 0.458. The van der Waals surface area contributed by atoms with E-state index in [4.69, 9.17) is 20.6 Å². The molecule has 0 spiro atoms. The van der Waals surface area contributed by atoms with Gasteiger partial charge in [-0.15, -0.1) is 0 Å². The van der Waals surface area contributed by atoms with Crippen molar-refractivity contribution in [3.05, 3.63) is 12.2 Å². The van der Waals surface area contributed by atoms with Gasteiger partial charge in [0.1, 0.15) is 6.04 Å². The number of fused-ring (bicyclic) bond motifs is 7. The number of hydrogen-bond acceptors (Lipinski definition) is 10. The Kier molecular flexibility index (Phi) is 20.6. The van der Waals surface area contributed by atoms with Crippen LogP contribution in [0.1, 0.15) is 173 Å². The minimum atomic E-state index is -4.64. The molecule has 3 unspecified atom stereocenters. The van der Waals surface area contributed by atoms with Crippen molar-refractivity contribution in [1.29, 1.82) is 0 Å². The van der Waals surface area contributed by atoms with Crippen molar-refractivity contribution in [3.8, 4) is 0 Å². The van der Waals surface area contributed by atoms with Crippen molar-refractivity contribution in [2.24, 2.45) is 80.3 Å². The predicted molar refractivity (Wildman–Crippen MR) is 306 cm³/mol. The van der Waals surface area contributed by atoms with Gasteiger partial charge in [-0.05, 0) is 166 Å². The average molecular weight is 1120 g/mol. The van der Waals surface area contributed by atoms with E-state index in [1.807, 2.05) is 58.5 Å². The summed E-state index contributed by atoms with van der Waals surface area (Å²) < 4.78 is 29.9. The summed E-state index contributed by atoms with van der Waals surface area (Å²) in [6.45, 7) is 31.4. The molecule has 6 rings (SSSR count). The highest BCUT2D eigenvalue weighted by atomic mass is 31.2. The summed E-state index contributed by atoms with van der Waals surface area (Å²) in [5, 5.41) is 17.7. The predicted octanol–water partition coefficient (Wildman–Crippen LogP) is 8.86. The number of phosphoric ester groups is 1. The van der Waals surface area contributed by atoms with Gasteiger partial charge in [0.15, 0.2) is 0 Å². The van der Waals surface area contributed by atoms with E-state index in [1.165, 1.54) is 0 Å². The molecule has 5 saturated carbocycles. The molecular formula is C61H108N5O11P. The topological polar surface area (TPSA) is 208 Å². The van der Waals surface area contributed by atoms with E-state index in [-0.39, 0.29) is 99.9 Å². The number of phosphoric acid groups is 1. The summed E-state index contributed by atoms with van der Waals surface area (Å²) >= 11 is 0. The zero-order valence-electron chi connectivity index (χ0n) is 51.4. The molecule has 6 aliphatic rings. The van der Waals surface area contributed by atoms with Crippen LogP contribution in [0.2, 0.25) is 0 Å². The Morgan fingerprint density at radius 2 is 1.47 bits per heavy atom. The van der Waals surface area contributed by atoms with Crippen LogP contribution in [0.5, 0.6) is 0 Å². The summed E-state index contributed by atoms with van der Waals surface area (Å²) in [5.74, 6) is -0.0273. The fraction of sp³-hybridized carbons (Fsp3) is 0.902. The minimum Gasteiger partial charge on any atom is -0.396 e. The van der Waals surface area contributed by atoms with E-state index in [0.717, 1.165) is 76.2 Å². The Hall–Kier alpha value is -2.43. The molecule has 0 bridgehead atoms. The summed E-state index contributed by atoms with van der Waals surface area (Å²) in [4.78, 5) is 82.2. The third-order valence-electron chi connectivity index (χ3n) is 23.1. The molecule has 448 valence electrons. The number of aliphatic hydroxyl groups excluding tert-OH is 1. The number of nitrogens with one attached hydrogen (secondary N) is 2. The summed E-state index contributed by atoms with van der Waals surface area (Å²) in [6.07, 6.45) is 10.0. The van der Waals surface area contributed by atoms with Gasteiger partial charge >= 0.3 is 7.82 Å². The van der Waals surface area contributed by atoms with Crippen molar-refractivity contribution in [1.82, 2.24) is 25.3 Å². The molecule has 1 heterocycles. The minimum absolute atomic E-state index is 0.00195. The van der Waals surface area contributed by atoms with E-state index < -0.39 is 55.6 Å². The lowest BCUT2D eigenvalue weighted by Crippen LogP contribution is -2.67. The van der Waals surface area contributed by atoms with Crippen LogP contribution in [0, 0.1) is 80.3 Å². The number of hydrogen-bond donors (Lipinski definition) is 5. The highest BCUT2D eigenvalue weighted by Crippen LogP contribution is 2.78. The molecule has 17 heteroatoms. The van der Waals surface area contributed by atoms with Gasteiger partial charge in [-0.25, -0.2) is 4.57 Å². The lowest BCUT2D eigenvalue weighted by atomic mass is 9.32. The van der Waals surface area contributed by atoms with Crippen molar-refractivity contribution >= 4 is 31.5 Å². The highest BCUT2D eigenvalue weighted by Gasteiger charge is 2.71. The number of nitrogens with zero attached hydrogens (tertiary/aromatic N) is 3. The first kappa shape index (κ1) is 64.7. The Morgan fingerprint density at radius 3 is 2.04 bits per heavy atom. The lowest BCUT2D eigenvalue weighted by Gasteiger charge is -2.73.